The summed E-state index contributed by atoms with van der Waals surface area (Å²) in [5, 5.41) is 27.7. The van der Waals surface area contributed by atoms with E-state index in [-0.39, 0.29) is 6.61 Å². The number of aliphatic hydroxyl groups is 3. The highest BCUT2D eigenvalue weighted by Gasteiger charge is 2.46. The summed E-state index contributed by atoms with van der Waals surface area (Å²) in [7, 11) is -5.69. The van der Waals surface area contributed by atoms with Gasteiger partial charge in [-0.1, -0.05) is 0 Å². The molecule has 1 aliphatic rings. The lowest BCUT2D eigenvalue weighted by atomic mass is 9.93. The van der Waals surface area contributed by atoms with Gasteiger partial charge in [-0.3, -0.25) is 0 Å². The van der Waals surface area contributed by atoms with Gasteiger partial charge < -0.3 is 20.1 Å². The van der Waals surface area contributed by atoms with Crippen LogP contribution in [-0.4, -0.2) is 67.0 Å². The lowest BCUT2D eigenvalue weighted by molar-refractivity contribution is -0.160. The summed E-state index contributed by atoms with van der Waals surface area (Å²) in [4.78, 5) is 0. The Bertz CT molecular complexity index is 436. The van der Waals surface area contributed by atoms with Crippen LogP contribution in [0.25, 0.3) is 0 Å². The Labute approximate surface area is 106 Å². The highest BCUT2D eigenvalue weighted by molar-refractivity contribution is 7.91. The summed E-state index contributed by atoms with van der Waals surface area (Å²) in [6, 6.07) is 0. The van der Waals surface area contributed by atoms with Crippen molar-refractivity contribution in [3.63, 3.8) is 0 Å². The van der Waals surface area contributed by atoms with Crippen LogP contribution in [0.2, 0.25) is 0 Å². The first kappa shape index (κ1) is 16.3. The van der Waals surface area contributed by atoms with Crippen molar-refractivity contribution in [1.29, 1.82) is 0 Å². The number of alkyl halides is 3. The molecule has 11 heteroatoms. The van der Waals surface area contributed by atoms with Crippen LogP contribution in [0, 0.1) is 5.92 Å². The van der Waals surface area contributed by atoms with Crippen LogP contribution in [0.4, 0.5) is 13.2 Å². The zero-order valence-corrected chi connectivity index (χ0v) is 10.2. The number of halogens is 3. The molecule has 1 saturated heterocycles. The summed E-state index contributed by atoms with van der Waals surface area (Å²) >= 11 is 0. The smallest absolute Gasteiger partial charge is 0.394 e. The van der Waals surface area contributed by atoms with Gasteiger partial charge in [0.05, 0.1) is 19.3 Å². The van der Waals surface area contributed by atoms with Gasteiger partial charge in [0.1, 0.15) is 12.2 Å². The fourth-order valence-electron chi connectivity index (χ4n) is 1.42. The van der Waals surface area contributed by atoms with Crippen molar-refractivity contribution in [2.75, 3.05) is 13.2 Å². The van der Waals surface area contributed by atoms with Crippen molar-refractivity contribution < 1.29 is 41.6 Å². The lowest BCUT2D eigenvalue weighted by Crippen LogP contribution is -2.52. The van der Waals surface area contributed by atoms with Crippen LogP contribution in [0.15, 0.2) is 4.40 Å². The van der Waals surface area contributed by atoms with E-state index in [1.54, 1.807) is 0 Å². The molecule has 1 heterocycles. The molecule has 0 radical (unpaired) electrons. The Morgan fingerprint density at radius 2 is 1.89 bits per heavy atom. The zero-order valence-electron chi connectivity index (χ0n) is 9.36. The number of hydrogen-bond donors (Lipinski definition) is 3. The molecular formula is C8H12F3NO6S. The van der Waals surface area contributed by atoms with Gasteiger partial charge in [0, 0.05) is 12.1 Å². The normalized spacial score (nSPS) is 33.8. The van der Waals surface area contributed by atoms with Gasteiger partial charge in [0.2, 0.25) is 0 Å². The Morgan fingerprint density at radius 3 is 2.37 bits per heavy atom. The van der Waals surface area contributed by atoms with Crippen molar-refractivity contribution in [1.82, 2.24) is 0 Å². The van der Waals surface area contributed by atoms with Gasteiger partial charge >= 0.3 is 15.5 Å². The van der Waals surface area contributed by atoms with E-state index in [1.807, 2.05) is 0 Å². The molecule has 112 valence electrons. The van der Waals surface area contributed by atoms with E-state index in [4.69, 9.17) is 9.84 Å². The van der Waals surface area contributed by atoms with Gasteiger partial charge in [-0.15, -0.1) is 0 Å². The average Bonchev–Trinajstić information content (AvgIpc) is 2.29. The van der Waals surface area contributed by atoms with Crippen molar-refractivity contribution >= 4 is 16.2 Å². The second-order valence-electron chi connectivity index (χ2n) is 3.87. The molecule has 4 atom stereocenters. The van der Waals surface area contributed by atoms with Crippen molar-refractivity contribution in [2.45, 2.75) is 23.8 Å². The second kappa shape index (κ2) is 5.71. The summed E-state index contributed by atoms with van der Waals surface area (Å²) < 4.78 is 64.6. The molecule has 0 saturated carbocycles. The van der Waals surface area contributed by atoms with Crippen LogP contribution in [0.3, 0.4) is 0 Å². The first-order valence-electron chi connectivity index (χ1n) is 5.05. The van der Waals surface area contributed by atoms with Crippen LogP contribution >= 0.6 is 0 Å². The maximum atomic E-state index is 12.0. The molecule has 1 fully saturated rings. The monoisotopic (exact) mass is 307 g/mol. The molecule has 0 spiro atoms. The van der Waals surface area contributed by atoms with E-state index in [9.17, 15) is 31.8 Å². The van der Waals surface area contributed by atoms with E-state index in [1.165, 1.54) is 0 Å². The first-order chi connectivity index (χ1) is 8.60. The van der Waals surface area contributed by atoms with Crippen LogP contribution < -0.4 is 0 Å². The Balaban J connectivity index is 2.79. The Hall–Kier alpha value is -0.750. The van der Waals surface area contributed by atoms with Crippen LogP contribution in [0.1, 0.15) is 0 Å². The molecule has 1 unspecified atom stereocenters. The Morgan fingerprint density at radius 1 is 1.32 bits per heavy atom. The largest absolute Gasteiger partial charge is 0.518 e. The molecule has 0 bridgehead atoms. The topological polar surface area (TPSA) is 116 Å². The third-order valence-corrected chi connectivity index (χ3v) is 3.52. The number of ether oxygens (including phenoxy) is 1. The number of rotatable bonds is 3. The molecule has 7 nitrogen and oxygen atoms in total. The maximum Gasteiger partial charge on any atom is 0.518 e. The van der Waals surface area contributed by atoms with E-state index in [0.717, 1.165) is 0 Å². The SMILES string of the molecule is O=S(=O)(/N=C/C1CO[C@H](CO)[C@H](O)[C@@H]1O)C(F)(F)F. The van der Waals surface area contributed by atoms with Gasteiger partial charge in [-0.2, -0.15) is 26.0 Å². The molecule has 19 heavy (non-hydrogen) atoms. The predicted octanol–water partition coefficient (Wildman–Crippen LogP) is -1.36. The minimum Gasteiger partial charge on any atom is -0.394 e. The molecule has 1 rings (SSSR count). The molecule has 0 aromatic carbocycles. The van der Waals surface area contributed by atoms with Gasteiger partial charge in [-0.05, 0) is 0 Å². The van der Waals surface area contributed by atoms with Crippen molar-refractivity contribution in [2.24, 2.45) is 10.3 Å². The van der Waals surface area contributed by atoms with E-state index < -0.39 is 46.4 Å². The quantitative estimate of drug-likeness (QED) is 0.554. The minimum absolute atomic E-state index is 0.365. The number of sulfonamides is 1. The van der Waals surface area contributed by atoms with Crippen LogP contribution in [-0.2, 0) is 14.8 Å². The summed E-state index contributed by atoms with van der Waals surface area (Å²) in [5.41, 5.74) is -5.53. The van der Waals surface area contributed by atoms with Gasteiger partial charge in [0.25, 0.3) is 0 Å². The first-order valence-corrected chi connectivity index (χ1v) is 6.49. The zero-order chi connectivity index (χ0) is 14.8. The molecule has 0 aromatic rings. The van der Waals surface area contributed by atoms with Crippen molar-refractivity contribution in [3.8, 4) is 0 Å². The average molecular weight is 307 g/mol. The second-order valence-corrected chi connectivity index (χ2v) is 5.50. The van der Waals surface area contributed by atoms with Crippen molar-refractivity contribution in [3.05, 3.63) is 0 Å². The third kappa shape index (κ3) is 3.63. The number of hydrogen-bond acceptors (Lipinski definition) is 6. The molecular weight excluding hydrogens is 295 g/mol. The molecule has 1 aliphatic heterocycles. The van der Waals surface area contributed by atoms with E-state index in [0.29, 0.717) is 6.21 Å². The predicted molar refractivity (Wildman–Crippen MR) is 55.8 cm³/mol. The van der Waals surface area contributed by atoms with Crippen LogP contribution in [0.5, 0.6) is 0 Å². The fraction of sp³-hybridized carbons (Fsp3) is 0.875. The molecule has 0 aliphatic carbocycles. The standard InChI is InChI=1S/C8H12F3NO6S/c9-8(10,11)19(16,17)12-1-4-3-18-5(2-13)7(15)6(4)14/h1,4-7,13-15H,2-3H2/b12-1+/t4?,5-,6-,7+/m1/s1. The number of nitrogens with zero attached hydrogens (tertiary/aromatic N) is 1. The summed E-state index contributed by atoms with van der Waals surface area (Å²) in [6.07, 6.45) is -3.86. The van der Waals surface area contributed by atoms with E-state index >= 15 is 0 Å². The lowest BCUT2D eigenvalue weighted by Gasteiger charge is -2.35. The number of aliphatic hydroxyl groups excluding tert-OH is 3. The van der Waals surface area contributed by atoms with Gasteiger partial charge in [-0.25, -0.2) is 0 Å². The van der Waals surface area contributed by atoms with E-state index in [2.05, 4.69) is 4.40 Å². The Kier molecular flexibility index (Phi) is 4.90. The summed E-state index contributed by atoms with van der Waals surface area (Å²) in [5.74, 6) is -1.23. The fourth-order valence-corrected chi connectivity index (χ4v) is 1.85. The highest BCUT2D eigenvalue weighted by Crippen LogP contribution is 2.25. The molecule has 0 aromatic heterocycles. The summed E-state index contributed by atoms with van der Waals surface area (Å²) in [6.45, 7) is -0.969. The van der Waals surface area contributed by atoms with Gasteiger partial charge in [0.15, 0.2) is 0 Å². The minimum atomic E-state index is -5.69. The highest BCUT2D eigenvalue weighted by atomic mass is 32.2. The molecule has 3 N–H and O–H groups in total. The maximum absolute atomic E-state index is 12.0. The molecule has 0 amide bonds. The third-order valence-electron chi connectivity index (χ3n) is 2.54.